The summed E-state index contributed by atoms with van der Waals surface area (Å²) >= 11 is 0. The molecule has 0 unspecified atom stereocenters. The second-order valence-corrected chi connectivity index (χ2v) is 4.86. The maximum atomic E-state index is 13.4. The maximum absolute atomic E-state index is 13.4. The predicted octanol–water partition coefficient (Wildman–Crippen LogP) is 2.29. The molecule has 2 rings (SSSR count). The molecule has 1 aromatic heterocycles. The van der Waals surface area contributed by atoms with E-state index in [1.165, 1.54) is 18.4 Å². The lowest BCUT2D eigenvalue weighted by Crippen LogP contribution is -2.34. The van der Waals surface area contributed by atoms with Gasteiger partial charge < -0.3 is 15.1 Å². The van der Waals surface area contributed by atoms with Gasteiger partial charge in [-0.2, -0.15) is 0 Å². The van der Waals surface area contributed by atoms with Gasteiger partial charge in [-0.3, -0.25) is 9.59 Å². The fourth-order valence-electron chi connectivity index (χ4n) is 1.80. The Labute approximate surface area is 133 Å². The van der Waals surface area contributed by atoms with Gasteiger partial charge in [0.2, 0.25) is 5.91 Å². The lowest BCUT2D eigenvalue weighted by molar-refractivity contribution is -0.116. The first-order chi connectivity index (χ1) is 11.1. The summed E-state index contributed by atoms with van der Waals surface area (Å²) < 4.78 is 18.4. The van der Waals surface area contributed by atoms with E-state index >= 15 is 0 Å². The molecule has 0 aliphatic rings. The van der Waals surface area contributed by atoms with Crippen LogP contribution in [0.1, 0.15) is 21.7 Å². The molecule has 0 aliphatic heterocycles. The number of carbonyl (C=O) groups is 2. The molecular weight excluding hydrogens is 299 g/mol. The molecule has 0 radical (unpaired) electrons. The highest BCUT2D eigenvalue weighted by atomic mass is 19.1. The first kappa shape index (κ1) is 16.5. The quantitative estimate of drug-likeness (QED) is 0.634. The number of nitrogens with one attached hydrogen (secondary N) is 2. The van der Waals surface area contributed by atoms with Gasteiger partial charge in [0.25, 0.3) is 5.91 Å². The average molecular weight is 316 g/mol. The molecule has 0 saturated carbocycles. The van der Waals surface area contributed by atoms with Crippen molar-refractivity contribution in [2.45, 2.75) is 6.92 Å². The highest BCUT2D eigenvalue weighted by molar-refractivity contribution is 5.94. The minimum atomic E-state index is -0.422. The van der Waals surface area contributed by atoms with E-state index in [2.05, 4.69) is 10.6 Å². The number of amides is 2. The van der Waals surface area contributed by atoms with Crippen LogP contribution >= 0.6 is 0 Å². The molecule has 1 heterocycles. The smallest absolute Gasteiger partial charge is 0.251 e. The maximum Gasteiger partial charge on any atom is 0.251 e. The summed E-state index contributed by atoms with van der Waals surface area (Å²) in [6, 6.07) is 7.74. The number of furan rings is 1. The van der Waals surface area contributed by atoms with Crippen LogP contribution in [0.5, 0.6) is 0 Å². The molecule has 2 N–H and O–H groups in total. The molecule has 2 amide bonds. The van der Waals surface area contributed by atoms with Crippen molar-refractivity contribution in [2.24, 2.45) is 0 Å². The van der Waals surface area contributed by atoms with Crippen molar-refractivity contribution in [3.63, 3.8) is 0 Å². The molecule has 6 heteroatoms. The zero-order valence-corrected chi connectivity index (χ0v) is 12.6. The molecule has 5 nitrogen and oxygen atoms in total. The molecular formula is C17H17FN2O3. The molecule has 0 bridgehead atoms. The van der Waals surface area contributed by atoms with Crippen LogP contribution in [0.2, 0.25) is 0 Å². The molecule has 0 saturated heterocycles. The van der Waals surface area contributed by atoms with Crippen molar-refractivity contribution >= 4 is 17.9 Å². The predicted molar refractivity (Wildman–Crippen MR) is 84.2 cm³/mol. The number of benzene rings is 1. The van der Waals surface area contributed by atoms with Gasteiger partial charge in [-0.05, 0) is 42.8 Å². The number of hydrogen-bond acceptors (Lipinski definition) is 3. The van der Waals surface area contributed by atoms with E-state index in [1.807, 2.05) is 0 Å². The lowest BCUT2D eigenvalue weighted by Gasteiger charge is -2.06. The van der Waals surface area contributed by atoms with Crippen LogP contribution in [0.25, 0.3) is 6.08 Å². The summed E-state index contributed by atoms with van der Waals surface area (Å²) in [6.45, 7) is 2.14. The van der Waals surface area contributed by atoms with Gasteiger partial charge >= 0.3 is 0 Å². The largest absolute Gasteiger partial charge is 0.465 e. The monoisotopic (exact) mass is 316 g/mol. The van der Waals surface area contributed by atoms with E-state index in [0.717, 1.165) is 0 Å². The van der Waals surface area contributed by atoms with Crippen LogP contribution in [0.4, 0.5) is 4.39 Å². The summed E-state index contributed by atoms with van der Waals surface area (Å²) in [6.07, 6.45) is 4.40. The fraction of sp³-hybridized carbons (Fsp3) is 0.176. The number of carbonyl (C=O) groups excluding carboxylic acids is 2. The Bertz CT molecular complexity index is 709. The Morgan fingerprint density at radius 3 is 2.70 bits per heavy atom. The van der Waals surface area contributed by atoms with Gasteiger partial charge in [0.15, 0.2) is 0 Å². The van der Waals surface area contributed by atoms with Crippen molar-refractivity contribution in [1.82, 2.24) is 10.6 Å². The van der Waals surface area contributed by atoms with Crippen LogP contribution in [0.3, 0.4) is 0 Å². The minimum absolute atomic E-state index is 0.245. The van der Waals surface area contributed by atoms with Gasteiger partial charge in [-0.1, -0.05) is 6.07 Å². The van der Waals surface area contributed by atoms with Crippen molar-refractivity contribution in [1.29, 1.82) is 0 Å². The van der Waals surface area contributed by atoms with Crippen molar-refractivity contribution < 1.29 is 18.4 Å². The van der Waals surface area contributed by atoms with E-state index in [1.54, 1.807) is 37.3 Å². The second kappa shape index (κ2) is 7.93. The number of rotatable bonds is 6. The highest BCUT2D eigenvalue weighted by Gasteiger charge is 2.07. The normalized spacial score (nSPS) is 10.7. The molecule has 23 heavy (non-hydrogen) atoms. The van der Waals surface area contributed by atoms with E-state index in [4.69, 9.17) is 4.42 Å². The van der Waals surface area contributed by atoms with Crippen LogP contribution in [-0.4, -0.2) is 24.9 Å². The van der Waals surface area contributed by atoms with E-state index in [-0.39, 0.29) is 30.5 Å². The minimum Gasteiger partial charge on any atom is -0.465 e. The first-order valence-electron chi connectivity index (χ1n) is 7.10. The fourth-order valence-corrected chi connectivity index (χ4v) is 1.80. The highest BCUT2D eigenvalue weighted by Crippen LogP contribution is 2.08. The summed E-state index contributed by atoms with van der Waals surface area (Å²) in [5.41, 5.74) is 0.731. The van der Waals surface area contributed by atoms with Crippen LogP contribution in [0.15, 0.2) is 47.1 Å². The summed E-state index contributed by atoms with van der Waals surface area (Å²) in [5.74, 6) is -0.523. The van der Waals surface area contributed by atoms with Crippen LogP contribution < -0.4 is 10.6 Å². The zero-order chi connectivity index (χ0) is 16.7. The standard InChI is InChI=1S/C17H17FN2O3/c1-12-4-5-13(11-15(12)18)17(22)20-9-8-19-16(21)7-6-14-3-2-10-23-14/h2-7,10-11H,8-9H2,1H3,(H,19,21)(H,20,22). The van der Waals surface area contributed by atoms with Gasteiger partial charge in [0.1, 0.15) is 11.6 Å². The Hall–Kier alpha value is -2.89. The van der Waals surface area contributed by atoms with E-state index in [0.29, 0.717) is 11.3 Å². The third kappa shape index (κ3) is 5.10. The van der Waals surface area contributed by atoms with Crippen LogP contribution in [-0.2, 0) is 4.79 Å². The summed E-state index contributed by atoms with van der Waals surface area (Å²) in [7, 11) is 0. The van der Waals surface area contributed by atoms with Crippen LogP contribution in [0, 0.1) is 12.7 Å². The Kier molecular flexibility index (Phi) is 5.68. The third-order valence-corrected chi connectivity index (χ3v) is 3.09. The molecule has 1 aromatic carbocycles. The molecule has 2 aromatic rings. The number of halogens is 1. The van der Waals surface area contributed by atoms with Crippen molar-refractivity contribution in [3.8, 4) is 0 Å². The molecule has 0 spiro atoms. The van der Waals surface area contributed by atoms with Gasteiger partial charge in [0.05, 0.1) is 6.26 Å². The number of hydrogen-bond donors (Lipinski definition) is 2. The Morgan fingerprint density at radius 2 is 2.00 bits per heavy atom. The topological polar surface area (TPSA) is 71.3 Å². The Balaban J connectivity index is 1.71. The van der Waals surface area contributed by atoms with Gasteiger partial charge in [-0.15, -0.1) is 0 Å². The van der Waals surface area contributed by atoms with E-state index < -0.39 is 5.82 Å². The third-order valence-electron chi connectivity index (χ3n) is 3.09. The SMILES string of the molecule is Cc1ccc(C(=O)NCCNC(=O)C=Cc2ccco2)cc1F. The number of aryl methyl sites for hydroxylation is 1. The van der Waals surface area contributed by atoms with Crippen molar-refractivity contribution in [2.75, 3.05) is 13.1 Å². The molecule has 0 aliphatic carbocycles. The molecule has 120 valence electrons. The van der Waals surface area contributed by atoms with Gasteiger partial charge in [-0.25, -0.2) is 4.39 Å². The molecule has 0 fully saturated rings. The average Bonchev–Trinajstić information content (AvgIpc) is 3.05. The lowest BCUT2D eigenvalue weighted by atomic mass is 10.1. The second-order valence-electron chi connectivity index (χ2n) is 4.86. The Morgan fingerprint density at radius 1 is 1.22 bits per heavy atom. The summed E-state index contributed by atoms with van der Waals surface area (Å²) in [5, 5.41) is 5.22. The van der Waals surface area contributed by atoms with E-state index in [9.17, 15) is 14.0 Å². The molecule has 0 atom stereocenters. The summed E-state index contributed by atoms with van der Waals surface area (Å²) in [4.78, 5) is 23.4. The zero-order valence-electron chi connectivity index (χ0n) is 12.6. The van der Waals surface area contributed by atoms with Crippen molar-refractivity contribution in [3.05, 3.63) is 65.4 Å². The first-order valence-corrected chi connectivity index (χ1v) is 7.10. The van der Waals surface area contributed by atoms with Gasteiger partial charge in [0, 0.05) is 24.7 Å².